The van der Waals surface area contributed by atoms with Gasteiger partial charge in [0, 0.05) is 32.5 Å². The second-order valence-electron chi connectivity index (χ2n) is 5.10. The first-order valence-corrected chi connectivity index (χ1v) is 7.41. The number of hydrogen-bond acceptors (Lipinski definition) is 3. The average molecular weight is 330 g/mol. The molecular weight excluding hydrogens is 313 g/mol. The summed E-state index contributed by atoms with van der Waals surface area (Å²) in [6, 6.07) is 5.18. The first kappa shape index (κ1) is 13.5. The molecule has 2 fully saturated rings. The largest absolute Gasteiger partial charge is 0.347 e. The van der Waals surface area contributed by atoms with E-state index in [4.69, 9.17) is 9.47 Å². The predicted molar refractivity (Wildman–Crippen MR) is 73.2 cm³/mol. The summed E-state index contributed by atoms with van der Waals surface area (Å²) in [6.45, 7) is 4.01. The van der Waals surface area contributed by atoms with Crippen LogP contribution in [0.25, 0.3) is 0 Å². The lowest BCUT2D eigenvalue weighted by atomic mass is 10.0. The van der Waals surface area contributed by atoms with E-state index >= 15 is 0 Å². The summed E-state index contributed by atoms with van der Waals surface area (Å²) in [5.41, 5.74) is 0.990. The van der Waals surface area contributed by atoms with Crippen LogP contribution in [0.1, 0.15) is 18.4 Å². The molecule has 0 saturated carbocycles. The summed E-state index contributed by atoms with van der Waals surface area (Å²) in [5, 5.41) is 0. The second-order valence-corrected chi connectivity index (χ2v) is 5.89. The van der Waals surface area contributed by atoms with Crippen molar-refractivity contribution in [1.82, 2.24) is 4.90 Å². The SMILES string of the molecule is Fc1cccc(CN2CCC3(CC2)OCCO3)c1Br. The molecule has 0 amide bonds. The van der Waals surface area contributed by atoms with E-state index in [0.717, 1.165) is 38.0 Å². The van der Waals surface area contributed by atoms with E-state index in [1.807, 2.05) is 6.07 Å². The molecule has 3 rings (SSSR count). The highest BCUT2D eigenvalue weighted by Crippen LogP contribution is 2.32. The Bertz CT molecular complexity index is 453. The lowest BCUT2D eigenvalue weighted by Crippen LogP contribution is -2.44. The minimum Gasteiger partial charge on any atom is -0.347 e. The maximum atomic E-state index is 13.5. The minimum atomic E-state index is -0.338. The van der Waals surface area contributed by atoms with Crippen molar-refractivity contribution < 1.29 is 13.9 Å². The third-order valence-electron chi connectivity index (χ3n) is 3.86. The summed E-state index contributed by atoms with van der Waals surface area (Å²) < 4.78 is 25.5. The molecule has 104 valence electrons. The van der Waals surface area contributed by atoms with Crippen LogP contribution in [-0.4, -0.2) is 37.0 Å². The molecule has 2 aliphatic heterocycles. The van der Waals surface area contributed by atoms with E-state index in [9.17, 15) is 4.39 Å². The molecule has 0 radical (unpaired) electrons. The van der Waals surface area contributed by atoms with Crippen LogP contribution in [0, 0.1) is 5.82 Å². The highest BCUT2D eigenvalue weighted by Gasteiger charge is 2.39. The molecule has 2 heterocycles. The van der Waals surface area contributed by atoms with Gasteiger partial charge in [-0.15, -0.1) is 0 Å². The fraction of sp³-hybridized carbons (Fsp3) is 0.571. The van der Waals surface area contributed by atoms with E-state index in [2.05, 4.69) is 20.8 Å². The van der Waals surface area contributed by atoms with Gasteiger partial charge < -0.3 is 9.47 Å². The second kappa shape index (κ2) is 5.48. The van der Waals surface area contributed by atoms with E-state index < -0.39 is 0 Å². The van der Waals surface area contributed by atoms with Crippen molar-refractivity contribution >= 4 is 15.9 Å². The van der Waals surface area contributed by atoms with Gasteiger partial charge in [-0.1, -0.05) is 12.1 Å². The number of rotatable bonds is 2. The number of likely N-dealkylation sites (tertiary alicyclic amines) is 1. The van der Waals surface area contributed by atoms with Crippen LogP contribution in [0.2, 0.25) is 0 Å². The Hall–Kier alpha value is -0.490. The van der Waals surface area contributed by atoms with Crippen LogP contribution in [0.15, 0.2) is 22.7 Å². The van der Waals surface area contributed by atoms with Gasteiger partial charge in [0.2, 0.25) is 0 Å². The summed E-state index contributed by atoms with van der Waals surface area (Å²) in [5.74, 6) is -0.538. The normalized spacial score (nSPS) is 23.1. The molecule has 0 aromatic heterocycles. The van der Waals surface area contributed by atoms with Crippen molar-refractivity contribution in [3.05, 3.63) is 34.1 Å². The first-order chi connectivity index (χ1) is 9.19. The molecule has 0 unspecified atom stereocenters. The molecule has 2 saturated heterocycles. The number of benzene rings is 1. The molecule has 0 bridgehead atoms. The minimum absolute atomic E-state index is 0.201. The third kappa shape index (κ3) is 2.84. The van der Waals surface area contributed by atoms with Crippen LogP contribution in [0.4, 0.5) is 4.39 Å². The van der Waals surface area contributed by atoms with Gasteiger partial charge in [-0.05, 0) is 27.6 Å². The Morgan fingerprint density at radius 2 is 1.89 bits per heavy atom. The molecule has 0 atom stereocenters. The van der Waals surface area contributed by atoms with Crippen molar-refractivity contribution in [2.24, 2.45) is 0 Å². The Labute approximate surface area is 120 Å². The van der Waals surface area contributed by atoms with Gasteiger partial charge in [-0.25, -0.2) is 4.39 Å². The van der Waals surface area contributed by atoms with Crippen LogP contribution in [0.5, 0.6) is 0 Å². The van der Waals surface area contributed by atoms with Crippen LogP contribution in [0.3, 0.4) is 0 Å². The summed E-state index contributed by atoms with van der Waals surface area (Å²) >= 11 is 3.32. The van der Waals surface area contributed by atoms with Crippen LogP contribution < -0.4 is 0 Å². The van der Waals surface area contributed by atoms with Gasteiger partial charge in [0.05, 0.1) is 17.7 Å². The Morgan fingerprint density at radius 3 is 2.58 bits per heavy atom. The van der Waals surface area contributed by atoms with Crippen molar-refractivity contribution in [3.63, 3.8) is 0 Å². The molecule has 1 spiro atoms. The van der Waals surface area contributed by atoms with Crippen molar-refractivity contribution in [2.75, 3.05) is 26.3 Å². The summed E-state index contributed by atoms with van der Waals surface area (Å²) in [4.78, 5) is 2.32. The molecule has 19 heavy (non-hydrogen) atoms. The smallest absolute Gasteiger partial charge is 0.170 e. The van der Waals surface area contributed by atoms with Crippen LogP contribution in [-0.2, 0) is 16.0 Å². The molecule has 1 aromatic carbocycles. The Kier molecular flexibility index (Phi) is 3.89. The zero-order valence-electron chi connectivity index (χ0n) is 10.7. The first-order valence-electron chi connectivity index (χ1n) is 6.62. The predicted octanol–water partition coefficient (Wildman–Crippen LogP) is 2.93. The molecule has 3 nitrogen and oxygen atoms in total. The highest BCUT2D eigenvalue weighted by atomic mass is 79.9. The van der Waals surface area contributed by atoms with Gasteiger partial charge in [0.15, 0.2) is 5.79 Å². The van der Waals surface area contributed by atoms with E-state index in [0.29, 0.717) is 17.7 Å². The maximum absolute atomic E-state index is 13.5. The fourth-order valence-electron chi connectivity index (χ4n) is 2.75. The average Bonchev–Trinajstić information content (AvgIpc) is 2.86. The number of nitrogens with zero attached hydrogens (tertiary/aromatic N) is 1. The monoisotopic (exact) mass is 329 g/mol. The van der Waals surface area contributed by atoms with Gasteiger partial charge >= 0.3 is 0 Å². The summed E-state index contributed by atoms with van der Waals surface area (Å²) in [6.07, 6.45) is 1.78. The van der Waals surface area contributed by atoms with E-state index in [-0.39, 0.29) is 11.6 Å². The van der Waals surface area contributed by atoms with Gasteiger partial charge in [0.1, 0.15) is 5.82 Å². The zero-order chi connectivity index (χ0) is 13.3. The van der Waals surface area contributed by atoms with Crippen molar-refractivity contribution in [1.29, 1.82) is 0 Å². The lowest BCUT2D eigenvalue weighted by molar-refractivity contribution is -0.185. The molecular formula is C14H17BrFNO2. The van der Waals surface area contributed by atoms with Crippen molar-refractivity contribution in [3.8, 4) is 0 Å². The van der Waals surface area contributed by atoms with Crippen LogP contribution >= 0.6 is 15.9 Å². The topological polar surface area (TPSA) is 21.7 Å². The van der Waals surface area contributed by atoms with E-state index in [1.54, 1.807) is 6.07 Å². The fourth-order valence-corrected chi connectivity index (χ4v) is 3.14. The lowest BCUT2D eigenvalue weighted by Gasteiger charge is -2.37. The third-order valence-corrected chi connectivity index (χ3v) is 4.75. The number of ether oxygens (including phenoxy) is 2. The van der Waals surface area contributed by atoms with Gasteiger partial charge in [0.25, 0.3) is 0 Å². The number of hydrogen-bond donors (Lipinski definition) is 0. The molecule has 1 aromatic rings. The van der Waals surface area contributed by atoms with E-state index in [1.165, 1.54) is 6.07 Å². The van der Waals surface area contributed by atoms with Crippen molar-refractivity contribution in [2.45, 2.75) is 25.2 Å². The Morgan fingerprint density at radius 1 is 1.21 bits per heavy atom. The quantitative estimate of drug-likeness (QED) is 0.832. The molecule has 0 aliphatic carbocycles. The molecule has 0 N–H and O–H groups in total. The number of halogens is 2. The molecule has 5 heteroatoms. The van der Waals surface area contributed by atoms with Gasteiger partial charge in [-0.3, -0.25) is 4.90 Å². The Balaban J connectivity index is 1.61. The molecule has 2 aliphatic rings. The number of piperidine rings is 1. The summed E-state index contributed by atoms with van der Waals surface area (Å²) in [7, 11) is 0. The maximum Gasteiger partial charge on any atom is 0.170 e. The zero-order valence-corrected chi connectivity index (χ0v) is 12.3. The highest BCUT2D eigenvalue weighted by molar-refractivity contribution is 9.10. The van der Waals surface area contributed by atoms with Gasteiger partial charge in [-0.2, -0.15) is 0 Å². The standard InChI is InChI=1S/C14H17BrFNO2/c15-13-11(2-1-3-12(13)16)10-17-6-4-14(5-7-17)18-8-9-19-14/h1-3H,4-10H2.